The molecule has 0 radical (unpaired) electrons. The lowest BCUT2D eigenvalue weighted by Gasteiger charge is -2.30. The zero-order valence-corrected chi connectivity index (χ0v) is 15.4. The molecule has 8 nitrogen and oxygen atoms in total. The molecule has 0 saturated carbocycles. The van der Waals surface area contributed by atoms with E-state index in [2.05, 4.69) is 25.7 Å². The van der Waals surface area contributed by atoms with Crippen molar-refractivity contribution in [2.45, 2.75) is 25.9 Å². The highest BCUT2D eigenvalue weighted by molar-refractivity contribution is 5.91. The van der Waals surface area contributed by atoms with Crippen LogP contribution in [0, 0.1) is 5.92 Å². The molecule has 3 rings (SSSR count). The number of halogens is 1. The lowest BCUT2D eigenvalue weighted by Crippen LogP contribution is -2.44. The van der Waals surface area contributed by atoms with Gasteiger partial charge in [-0.1, -0.05) is 19.0 Å². The van der Waals surface area contributed by atoms with Gasteiger partial charge in [0.2, 0.25) is 5.89 Å². The maximum atomic E-state index is 12.2. The summed E-state index contributed by atoms with van der Waals surface area (Å²) >= 11 is 0. The Hall–Kier alpha value is -1.90. The minimum absolute atomic E-state index is 0. The number of nitrogens with zero attached hydrogens (tertiary/aromatic N) is 3. The second kappa shape index (κ2) is 8.46. The van der Waals surface area contributed by atoms with Gasteiger partial charge in [-0.05, 0) is 25.1 Å². The molecule has 25 heavy (non-hydrogen) atoms. The molecule has 2 aromatic heterocycles. The SMILES string of the molecule is CC(C)C(NC(=O)c1ccco1)c1nc(C2CNCCN2C)no1.Cl. The predicted molar refractivity (Wildman–Crippen MR) is 93.5 cm³/mol. The summed E-state index contributed by atoms with van der Waals surface area (Å²) in [4.78, 5) is 19.0. The summed E-state index contributed by atoms with van der Waals surface area (Å²) in [7, 11) is 2.04. The summed E-state index contributed by atoms with van der Waals surface area (Å²) in [5.74, 6) is 1.11. The third-order valence-corrected chi connectivity index (χ3v) is 4.23. The van der Waals surface area contributed by atoms with E-state index in [0.717, 1.165) is 19.6 Å². The van der Waals surface area contributed by atoms with E-state index in [1.165, 1.54) is 6.26 Å². The topological polar surface area (TPSA) is 96.4 Å². The number of hydrogen-bond donors (Lipinski definition) is 2. The van der Waals surface area contributed by atoms with E-state index in [9.17, 15) is 4.79 Å². The monoisotopic (exact) mass is 369 g/mol. The van der Waals surface area contributed by atoms with Crippen molar-refractivity contribution in [1.82, 2.24) is 25.7 Å². The van der Waals surface area contributed by atoms with Crippen LogP contribution in [0.3, 0.4) is 0 Å². The fraction of sp³-hybridized carbons (Fsp3) is 0.562. The summed E-state index contributed by atoms with van der Waals surface area (Å²) in [6.45, 7) is 6.64. The Balaban J connectivity index is 0.00000225. The van der Waals surface area contributed by atoms with Crippen molar-refractivity contribution in [3.8, 4) is 0 Å². The number of furan rings is 1. The molecule has 1 amide bonds. The van der Waals surface area contributed by atoms with E-state index in [-0.39, 0.29) is 42.1 Å². The van der Waals surface area contributed by atoms with Gasteiger partial charge in [-0.25, -0.2) is 0 Å². The quantitative estimate of drug-likeness (QED) is 0.829. The minimum atomic E-state index is -0.370. The van der Waals surface area contributed by atoms with Gasteiger partial charge in [-0.2, -0.15) is 4.98 Å². The number of hydrogen-bond acceptors (Lipinski definition) is 7. The van der Waals surface area contributed by atoms with Gasteiger partial charge >= 0.3 is 0 Å². The molecule has 138 valence electrons. The van der Waals surface area contributed by atoms with Gasteiger partial charge in [0.25, 0.3) is 5.91 Å². The lowest BCUT2D eigenvalue weighted by atomic mass is 10.0. The van der Waals surface area contributed by atoms with Crippen LogP contribution in [0.5, 0.6) is 0 Å². The van der Waals surface area contributed by atoms with Crippen LogP contribution in [0.25, 0.3) is 0 Å². The first-order valence-corrected chi connectivity index (χ1v) is 8.15. The fourth-order valence-electron chi connectivity index (χ4n) is 2.74. The highest BCUT2D eigenvalue weighted by atomic mass is 35.5. The average Bonchev–Trinajstić information content (AvgIpc) is 3.24. The average molecular weight is 370 g/mol. The maximum absolute atomic E-state index is 12.2. The summed E-state index contributed by atoms with van der Waals surface area (Å²) in [6.07, 6.45) is 1.47. The van der Waals surface area contributed by atoms with E-state index in [0.29, 0.717) is 11.7 Å². The molecule has 0 spiro atoms. The molecule has 2 atom stereocenters. The second-order valence-electron chi connectivity index (χ2n) is 6.36. The van der Waals surface area contributed by atoms with Gasteiger partial charge in [0.1, 0.15) is 6.04 Å². The van der Waals surface area contributed by atoms with Crippen LogP contribution >= 0.6 is 12.4 Å². The molecule has 0 aliphatic carbocycles. The minimum Gasteiger partial charge on any atom is -0.459 e. The van der Waals surface area contributed by atoms with E-state index in [1.807, 2.05) is 20.9 Å². The zero-order chi connectivity index (χ0) is 17.1. The number of likely N-dealkylation sites (N-methyl/N-ethyl adjacent to an activating group) is 1. The third-order valence-electron chi connectivity index (χ3n) is 4.23. The largest absolute Gasteiger partial charge is 0.459 e. The van der Waals surface area contributed by atoms with Crippen molar-refractivity contribution in [2.75, 3.05) is 26.7 Å². The molecule has 9 heteroatoms. The smallest absolute Gasteiger partial charge is 0.287 e. The van der Waals surface area contributed by atoms with E-state index < -0.39 is 0 Å². The van der Waals surface area contributed by atoms with Crippen LogP contribution in [0.2, 0.25) is 0 Å². The van der Waals surface area contributed by atoms with Crippen molar-refractivity contribution in [3.63, 3.8) is 0 Å². The van der Waals surface area contributed by atoms with Gasteiger partial charge in [-0.3, -0.25) is 9.69 Å². The van der Waals surface area contributed by atoms with Crippen molar-refractivity contribution >= 4 is 18.3 Å². The van der Waals surface area contributed by atoms with E-state index in [4.69, 9.17) is 8.94 Å². The molecule has 0 bridgehead atoms. The van der Waals surface area contributed by atoms with Gasteiger partial charge < -0.3 is 19.6 Å². The lowest BCUT2D eigenvalue weighted by molar-refractivity contribution is 0.0885. The van der Waals surface area contributed by atoms with Crippen LogP contribution in [0.4, 0.5) is 0 Å². The summed E-state index contributed by atoms with van der Waals surface area (Å²) in [5, 5.41) is 10.4. The molecule has 1 fully saturated rings. The highest BCUT2D eigenvalue weighted by Crippen LogP contribution is 2.24. The highest BCUT2D eigenvalue weighted by Gasteiger charge is 2.29. The number of aromatic nitrogens is 2. The Labute approximate surface area is 152 Å². The maximum Gasteiger partial charge on any atom is 0.287 e. The number of nitrogens with one attached hydrogen (secondary N) is 2. The van der Waals surface area contributed by atoms with Crippen molar-refractivity contribution in [1.29, 1.82) is 0 Å². The van der Waals surface area contributed by atoms with Gasteiger partial charge in [0.15, 0.2) is 11.6 Å². The third kappa shape index (κ3) is 4.39. The fourth-order valence-corrected chi connectivity index (χ4v) is 2.74. The van der Waals surface area contributed by atoms with Crippen molar-refractivity contribution < 1.29 is 13.7 Å². The van der Waals surface area contributed by atoms with Crippen LogP contribution < -0.4 is 10.6 Å². The first-order valence-electron chi connectivity index (χ1n) is 8.15. The molecule has 1 aliphatic heterocycles. The molecule has 2 unspecified atom stereocenters. The normalized spacial score (nSPS) is 19.4. The van der Waals surface area contributed by atoms with Crippen molar-refractivity contribution in [2.24, 2.45) is 5.92 Å². The number of piperazine rings is 1. The van der Waals surface area contributed by atoms with Crippen LogP contribution in [0.1, 0.15) is 48.2 Å². The molecular weight excluding hydrogens is 346 g/mol. The van der Waals surface area contributed by atoms with Crippen molar-refractivity contribution in [3.05, 3.63) is 35.9 Å². The summed E-state index contributed by atoms with van der Waals surface area (Å²) in [5.41, 5.74) is 0. The van der Waals surface area contributed by atoms with E-state index in [1.54, 1.807) is 12.1 Å². The molecule has 3 heterocycles. The Bertz CT molecular complexity index is 673. The molecule has 0 aromatic carbocycles. The number of carbonyl (C=O) groups excluding carboxylic acids is 1. The Morgan fingerprint density at radius 2 is 2.28 bits per heavy atom. The second-order valence-corrected chi connectivity index (χ2v) is 6.36. The van der Waals surface area contributed by atoms with Crippen LogP contribution in [0.15, 0.2) is 27.3 Å². The van der Waals surface area contributed by atoms with Crippen LogP contribution in [-0.4, -0.2) is 47.6 Å². The molecule has 1 aliphatic rings. The molecule has 1 saturated heterocycles. The predicted octanol–water partition coefficient (Wildman–Crippen LogP) is 1.79. The van der Waals surface area contributed by atoms with Crippen LogP contribution in [-0.2, 0) is 0 Å². The number of carbonyl (C=O) groups is 1. The molecule has 2 aromatic rings. The Kier molecular flexibility index (Phi) is 6.57. The standard InChI is InChI=1S/C16H23N5O3.ClH/c1-10(2)13(18-15(22)12-5-4-8-23-12)16-19-14(20-24-16)11-9-17-6-7-21(11)3;/h4-5,8,10-11,13,17H,6-7,9H2,1-3H3,(H,18,22);1H. The van der Waals surface area contributed by atoms with Gasteiger partial charge in [-0.15, -0.1) is 12.4 Å². The van der Waals surface area contributed by atoms with Gasteiger partial charge in [0.05, 0.1) is 12.3 Å². The molecular formula is C16H24ClN5O3. The van der Waals surface area contributed by atoms with E-state index >= 15 is 0 Å². The first-order chi connectivity index (χ1) is 11.6. The Morgan fingerprint density at radius 1 is 1.48 bits per heavy atom. The Morgan fingerprint density at radius 3 is 2.92 bits per heavy atom. The first kappa shape index (κ1) is 19.4. The number of amides is 1. The zero-order valence-electron chi connectivity index (χ0n) is 14.6. The summed E-state index contributed by atoms with van der Waals surface area (Å²) in [6, 6.07) is 3.00. The summed E-state index contributed by atoms with van der Waals surface area (Å²) < 4.78 is 10.6. The van der Waals surface area contributed by atoms with Gasteiger partial charge in [0, 0.05) is 19.6 Å². The molecule has 2 N–H and O–H groups in total. The number of rotatable bonds is 5.